The number of rotatable bonds is 1. The molecule has 3 nitrogen and oxygen atoms in total. The molecule has 2 aromatic rings. The Morgan fingerprint density at radius 3 is 2.50 bits per heavy atom. The maximum absolute atomic E-state index is 9.60. The predicted molar refractivity (Wildman–Crippen MR) is 44.2 cm³/mol. The molecule has 0 saturated carbocycles. The summed E-state index contributed by atoms with van der Waals surface area (Å²) in [4.78, 5) is 0. The third-order valence-electron chi connectivity index (χ3n) is 1.96. The molecule has 0 fully saturated rings. The summed E-state index contributed by atoms with van der Waals surface area (Å²) in [5.74, 6) is 0.494. The first kappa shape index (κ1) is 7.28. The fourth-order valence-electron chi connectivity index (χ4n) is 1.23. The van der Waals surface area contributed by atoms with Crippen LogP contribution in [0.5, 0.6) is 5.75 Å². The number of phenolic OH excluding ortho intramolecular Hbond substituents is 1. The Morgan fingerprint density at radius 1 is 1.25 bits per heavy atom. The highest BCUT2D eigenvalue weighted by Crippen LogP contribution is 2.34. The first-order chi connectivity index (χ1) is 5.70. The predicted octanol–water partition coefficient (Wildman–Crippen LogP) is 2.85. The van der Waals surface area contributed by atoms with Gasteiger partial charge in [-0.05, 0) is 12.0 Å². The van der Waals surface area contributed by atoms with Crippen molar-refractivity contribution in [1.82, 2.24) is 0 Å². The molecular weight excluding hydrogens is 156 g/mol. The average Bonchev–Trinajstić information content (AvgIpc) is 1.92. The summed E-state index contributed by atoms with van der Waals surface area (Å²) in [7, 11) is 0. The second-order valence-electron chi connectivity index (χ2n) is 3.15. The van der Waals surface area contributed by atoms with Gasteiger partial charge in [-0.25, -0.2) is 0 Å². The van der Waals surface area contributed by atoms with Gasteiger partial charge in [0, 0.05) is 5.56 Å². The zero-order valence-corrected chi connectivity index (χ0v) is 7.00. The van der Waals surface area contributed by atoms with E-state index < -0.39 is 0 Å². The summed E-state index contributed by atoms with van der Waals surface area (Å²) < 4.78 is 9.28. The second kappa shape index (κ2) is 2.30. The standard InChI is InChI=1S/C9H10O3/c1-5(2)6-3-4-7-9(8(6)10)12-11-7/h3-5,10H,1-2H3. The number of aromatic hydroxyl groups is 1. The minimum Gasteiger partial charge on any atom is -0.504 e. The number of benzene rings is 1. The molecule has 2 rings (SSSR count). The molecule has 3 heteroatoms. The fourth-order valence-corrected chi connectivity index (χ4v) is 1.23. The van der Waals surface area contributed by atoms with Crippen LogP contribution in [-0.2, 0) is 0 Å². The molecule has 0 aliphatic rings. The maximum Gasteiger partial charge on any atom is 0.267 e. The molecule has 0 saturated heterocycles. The van der Waals surface area contributed by atoms with E-state index in [1.807, 2.05) is 19.9 Å². The van der Waals surface area contributed by atoms with Crippen LogP contribution in [0.2, 0.25) is 0 Å². The summed E-state index contributed by atoms with van der Waals surface area (Å²) in [5, 5.41) is 9.60. The largest absolute Gasteiger partial charge is 0.504 e. The Morgan fingerprint density at radius 2 is 2.00 bits per heavy atom. The molecular formula is C9H10O3. The highest BCUT2D eigenvalue weighted by Gasteiger charge is 2.15. The van der Waals surface area contributed by atoms with Gasteiger partial charge in [0.25, 0.3) is 5.58 Å². The topological polar surface area (TPSA) is 46.5 Å². The first-order valence-electron chi connectivity index (χ1n) is 3.90. The summed E-state index contributed by atoms with van der Waals surface area (Å²) in [6.45, 7) is 4.03. The molecule has 1 aromatic heterocycles. The molecule has 0 radical (unpaired) electrons. The van der Waals surface area contributed by atoms with Crippen LogP contribution in [0.3, 0.4) is 0 Å². The highest BCUT2D eigenvalue weighted by atomic mass is 17.0. The number of hydrogen-bond donors (Lipinski definition) is 1. The molecule has 1 heterocycles. The van der Waals surface area contributed by atoms with Gasteiger partial charge >= 0.3 is 0 Å². The van der Waals surface area contributed by atoms with Gasteiger partial charge in [0.15, 0.2) is 5.75 Å². The SMILES string of the molecule is CC(C)c1ccc2ooc2c1O. The van der Waals surface area contributed by atoms with Crippen LogP contribution in [0.15, 0.2) is 21.3 Å². The van der Waals surface area contributed by atoms with E-state index in [9.17, 15) is 5.11 Å². The molecule has 1 N–H and O–H groups in total. The van der Waals surface area contributed by atoms with Crippen molar-refractivity contribution in [2.75, 3.05) is 0 Å². The first-order valence-corrected chi connectivity index (χ1v) is 3.90. The molecule has 64 valence electrons. The molecule has 0 atom stereocenters. The number of fused-ring (bicyclic) bond motifs is 1. The van der Waals surface area contributed by atoms with Crippen molar-refractivity contribution >= 4 is 11.2 Å². The fraction of sp³-hybridized carbons (Fsp3) is 0.333. The molecule has 0 unspecified atom stereocenters. The average molecular weight is 166 g/mol. The van der Waals surface area contributed by atoms with E-state index in [1.165, 1.54) is 0 Å². The Bertz CT molecular complexity index is 395. The third-order valence-corrected chi connectivity index (χ3v) is 1.96. The van der Waals surface area contributed by atoms with Crippen molar-refractivity contribution in [3.05, 3.63) is 17.7 Å². The zero-order chi connectivity index (χ0) is 8.72. The van der Waals surface area contributed by atoms with Crippen LogP contribution in [0, 0.1) is 0 Å². The zero-order valence-electron chi connectivity index (χ0n) is 7.00. The van der Waals surface area contributed by atoms with Crippen LogP contribution in [0.1, 0.15) is 25.3 Å². The van der Waals surface area contributed by atoms with Crippen molar-refractivity contribution in [3.8, 4) is 5.75 Å². The van der Waals surface area contributed by atoms with Gasteiger partial charge in [-0.1, -0.05) is 19.9 Å². The number of phenols is 1. The number of hydrogen-bond acceptors (Lipinski definition) is 3. The lowest BCUT2D eigenvalue weighted by Crippen LogP contribution is -1.89. The molecule has 0 bridgehead atoms. The van der Waals surface area contributed by atoms with Gasteiger partial charge in [0.2, 0.25) is 5.58 Å². The monoisotopic (exact) mass is 166 g/mol. The quantitative estimate of drug-likeness (QED) is 0.662. The van der Waals surface area contributed by atoms with Gasteiger partial charge in [-0.2, -0.15) is 0 Å². The van der Waals surface area contributed by atoms with Crippen molar-refractivity contribution in [3.63, 3.8) is 0 Å². The lowest BCUT2D eigenvalue weighted by molar-refractivity contribution is 0.0564. The third kappa shape index (κ3) is 0.826. The van der Waals surface area contributed by atoms with Crippen LogP contribution >= 0.6 is 0 Å². The summed E-state index contributed by atoms with van der Waals surface area (Å²) >= 11 is 0. The van der Waals surface area contributed by atoms with E-state index in [1.54, 1.807) is 6.07 Å². The van der Waals surface area contributed by atoms with Gasteiger partial charge in [-0.15, -0.1) is 0 Å². The molecule has 0 amide bonds. The van der Waals surface area contributed by atoms with Crippen molar-refractivity contribution in [2.45, 2.75) is 19.8 Å². The summed E-state index contributed by atoms with van der Waals surface area (Å²) in [5.41, 5.74) is 1.95. The van der Waals surface area contributed by atoms with Crippen LogP contribution < -0.4 is 0 Å². The molecule has 0 aliphatic carbocycles. The molecule has 0 spiro atoms. The second-order valence-corrected chi connectivity index (χ2v) is 3.15. The Hall–Kier alpha value is -1.38. The minimum atomic E-state index is 0.203. The van der Waals surface area contributed by atoms with Crippen LogP contribution in [0.25, 0.3) is 11.2 Å². The van der Waals surface area contributed by atoms with E-state index in [-0.39, 0.29) is 5.75 Å². The highest BCUT2D eigenvalue weighted by molar-refractivity contribution is 5.79. The summed E-state index contributed by atoms with van der Waals surface area (Å²) in [6, 6.07) is 3.65. The Balaban J connectivity index is 2.64. The normalized spacial score (nSPS) is 11.6. The van der Waals surface area contributed by atoms with Gasteiger partial charge in [0.05, 0.1) is 0 Å². The van der Waals surface area contributed by atoms with E-state index in [2.05, 4.69) is 9.15 Å². The Labute approximate surface area is 69.5 Å². The summed E-state index contributed by atoms with van der Waals surface area (Å²) in [6.07, 6.45) is 0. The van der Waals surface area contributed by atoms with Crippen LogP contribution in [0.4, 0.5) is 0 Å². The van der Waals surface area contributed by atoms with Crippen molar-refractivity contribution in [1.29, 1.82) is 0 Å². The minimum absolute atomic E-state index is 0.203. The Kier molecular flexibility index (Phi) is 1.40. The maximum atomic E-state index is 9.60. The van der Waals surface area contributed by atoms with Crippen molar-refractivity contribution < 1.29 is 14.3 Å². The van der Waals surface area contributed by atoms with E-state index in [4.69, 9.17) is 0 Å². The van der Waals surface area contributed by atoms with Crippen LogP contribution in [-0.4, -0.2) is 5.11 Å². The van der Waals surface area contributed by atoms with E-state index in [0.717, 1.165) is 5.56 Å². The molecule has 0 aliphatic heterocycles. The smallest absolute Gasteiger partial charge is 0.267 e. The van der Waals surface area contributed by atoms with E-state index >= 15 is 0 Å². The van der Waals surface area contributed by atoms with E-state index in [0.29, 0.717) is 17.1 Å². The van der Waals surface area contributed by atoms with Gasteiger partial charge < -0.3 is 5.11 Å². The van der Waals surface area contributed by atoms with Gasteiger partial charge in [-0.3, -0.25) is 9.15 Å². The molecule has 1 aromatic carbocycles. The van der Waals surface area contributed by atoms with Crippen molar-refractivity contribution in [2.24, 2.45) is 0 Å². The van der Waals surface area contributed by atoms with Gasteiger partial charge in [0.1, 0.15) is 0 Å². The lowest BCUT2D eigenvalue weighted by Gasteiger charge is -2.09. The lowest BCUT2D eigenvalue weighted by atomic mass is 10.0. The molecule has 12 heavy (non-hydrogen) atoms.